The molecule has 3 aromatic rings. The number of nitrogens with zero attached hydrogens (tertiary/aromatic N) is 2. The number of thiazole rings is 1. The number of primary sulfonamides is 1. The predicted molar refractivity (Wildman–Crippen MR) is 111 cm³/mol. The molecule has 2 aromatic carbocycles. The zero-order valence-electron chi connectivity index (χ0n) is 16.2. The first kappa shape index (κ1) is 21.7. The van der Waals surface area contributed by atoms with Crippen molar-refractivity contribution in [3.63, 3.8) is 0 Å². The maximum absolute atomic E-state index is 12.6. The number of hydrogen-bond acceptors (Lipinski definition) is 7. The van der Waals surface area contributed by atoms with Gasteiger partial charge in [0.1, 0.15) is 5.75 Å². The van der Waals surface area contributed by atoms with E-state index in [9.17, 15) is 18.0 Å². The van der Waals surface area contributed by atoms with E-state index in [4.69, 9.17) is 9.88 Å². The number of carbonyl (C=O) groups is 2. The Hall–Kier alpha value is -3.02. The first-order valence-electron chi connectivity index (χ1n) is 8.69. The molecule has 1 aromatic heterocycles. The molecule has 0 aliphatic rings. The number of hydrogen-bond donors (Lipinski definition) is 1. The van der Waals surface area contributed by atoms with Crippen LogP contribution in [0.25, 0.3) is 10.2 Å². The molecule has 0 radical (unpaired) electrons. The first-order chi connectivity index (χ1) is 14.2. The molecule has 0 atom stereocenters. The molecule has 0 bridgehead atoms. The number of benzene rings is 2. The highest BCUT2D eigenvalue weighted by atomic mass is 32.2. The summed E-state index contributed by atoms with van der Waals surface area (Å²) >= 11 is 1.12. The van der Waals surface area contributed by atoms with Crippen molar-refractivity contribution in [1.29, 1.82) is 0 Å². The maximum atomic E-state index is 12.6. The molecule has 0 unspecified atom stereocenters. The number of aryl methyl sites for hydroxylation is 1. The summed E-state index contributed by atoms with van der Waals surface area (Å²) in [5.41, 5.74) is 0.982. The second-order valence-corrected chi connectivity index (χ2v) is 8.75. The second-order valence-electron chi connectivity index (χ2n) is 6.18. The Bertz CT molecular complexity index is 1270. The molecule has 11 heteroatoms. The van der Waals surface area contributed by atoms with Gasteiger partial charge in [0.15, 0.2) is 4.80 Å². The zero-order chi connectivity index (χ0) is 21.9. The van der Waals surface area contributed by atoms with Crippen molar-refractivity contribution < 1.29 is 27.5 Å². The number of ether oxygens (including phenoxy) is 2. The van der Waals surface area contributed by atoms with Crippen LogP contribution in [0.1, 0.15) is 16.8 Å². The van der Waals surface area contributed by atoms with Crippen LogP contribution in [-0.2, 0) is 26.1 Å². The summed E-state index contributed by atoms with van der Waals surface area (Å²) < 4.78 is 35.3. The van der Waals surface area contributed by atoms with Gasteiger partial charge in [-0.15, -0.1) is 0 Å². The van der Waals surface area contributed by atoms with E-state index < -0.39 is 21.9 Å². The second kappa shape index (κ2) is 8.78. The van der Waals surface area contributed by atoms with Crippen molar-refractivity contribution in [1.82, 2.24) is 4.57 Å². The van der Waals surface area contributed by atoms with Crippen molar-refractivity contribution in [3.05, 3.63) is 52.8 Å². The number of methoxy groups -OCH3 is 2. The lowest BCUT2D eigenvalue weighted by molar-refractivity contribution is -0.140. The normalized spacial score (nSPS) is 12.2. The van der Waals surface area contributed by atoms with Gasteiger partial charge < -0.3 is 14.0 Å². The topological polar surface area (TPSA) is 130 Å². The third-order valence-corrected chi connectivity index (χ3v) is 6.24. The van der Waals surface area contributed by atoms with Crippen molar-refractivity contribution in [2.24, 2.45) is 10.1 Å². The van der Waals surface area contributed by atoms with Crippen molar-refractivity contribution >= 4 is 43.5 Å². The van der Waals surface area contributed by atoms with E-state index in [2.05, 4.69) is 9.73 Å². The molecule has 0 spiro atoms. The molecular formula is C19H19N3O6S2. The van der Waals surface area contributed by atoms with E-state index in [1.54, 1.807) is 34.9 Å². The summed E-state index contributed by atoms with van der Waals surface area (Å²) in [6.07, 6.45) is 0.0587. The van der Waals surface area contributed by atoms with Crippen LogP contribution in [0.15, 0.2) is 52.4 Å². The average molecular weight is 450 g/mol. The summed E-state index contributed by atoms with van der Waals surface area (Å²) in [6.45, 7) is 0.204. The highest BCUT2D eigenvalue weighted by Crippen LogP contribution is 2.22. The fourth-order valence-corrected chi connectivity index (χ4v) is 4.43. The summed E-state index contributed by atoms with van der Waals surface area (Å²) in [5.74, 6) is -0.296. The van der Waals surface area contributed by atoms with Crippen LogP contribution < -0.4 is 14.7 Å². The van der Waals surface area contributed by atoms with Crippen LogP contribution in [0, 0.1) is 0 Å². The molecule has 0 fully saturated rings. The highest BCUT2D eigenvalue weighted by molar-refractivity contribution is 7.89. The Morgan fingerprint density at radius 3 is 2.43 bits per heavy atom. The molecule has 0 saturated carbocycles. The minimum Gasteiger partial charge on any atom is -0.497 e. The number of sulfonamides is 1. The van der Waals surface area contributed by atoms with Gasteiger partial charge >= 0.3 is 5.97 Å². The van der Waals surface area contributed by atoms with Crippen molar-refractivity contribution in [3.8, 4) is 5.75 Å². The fraction of sp³-hybridized carbons (Fsp3) is 0.211. The average Bonchev–Trinajstić information content (AvgIpc) is 3.07. The van der Waals surface area contributed by atoms with Crippen LogP contribution in [0.3, 0.4) is 0 Å². The van der Waals surface area contributed by atoms with E-state index in [0.29, 0.717) is 26.3 Å². The summed E-state index contributed by atoms with van der Waals surface area (Å²) in [5, 5.41) is 5.21. The maximum Gasteiger partial charge on any atom is 0.307 e. The summed E-state index contributed by atoms with van der Waals surface area (Å²) in [4.78, 5) is 28.7. The van der Waals surface area contributed by atoms with E-state index in [1.807, 2.05) is 0 Å². The lowest BCUT2D eigenvalue weighted by atomic mass is 10.2. The molecule has 0 aliphatic carbocycles. The third kappa shape index (κ3) is 4.75. The molecule has 1 heterocycles. The Balaban J connectivity index is 2.10. The molecular weight excluding hydrogens is 430 g/mol. The number of esters is 1. The van der Waals surface area contributed by atoms with Gasteiger partial charge in [0.05, 0.1) is 35.8 Å². The van der Waals surface area contributed by atoms with Gasteiger partial charge in [0.25, 0.3) is 5.91 Å². The quantitative estimate of drug-likeness (QED) is 0.570. The number of aromatic nitrogens is 1. The summed E-state index contributed by atoms with van der Waals surface area (Å²) in [7, 11) is -1.07. The Kier molecular flexibility index (Phi) is 6.34. The standard InChI is InChI=1S/C19H19N3O6S2/c1-27-13-5-3-12(4-6-13)18(24)21-19-22(10-9-17(23)28-2)15-8-7-14(30(20,25)26)11-16(15)29-19/h3-8,11H,9-10H2,1-2H3,(H2,20,25,26). The minimum absolute atomic E-state index is 0.0515. The lowest BCUT2D eigenvalue weighted by Crippen LogP contribution is -2.19. The van der Waals surface area contributed by atoms with Crippen LogP contribution in [0.4, 0.5) is 0 Å². The number of rotatable bonds is 6. The number of amides is 1. The molecule has 3 rings (SSSR count). The SMILES string of the molecule is COC(=O)CCn1c(=NC(=O)c2ccc(OC)cc2)sc2cc(S(N)(=O)=O)ccc21. The van der Waals surface area contributed by atoms with Crippen LogP contribution in [0.2, 0.25) is 0 Å². The first-order valence-corrected chi connectivity index (χ1v) is 11.1. The Morgan fingerprint density at radius 1 is 1.13 bits per heavy atom. The molecule has 9 nitrogen and oxygen atoms in total. The Labute approximate surface area is 176 Å². The minimum atomic E-state index is -3.89. The van der Waals surface area contributed by atoms with Gasteiger partial charge in [-0.3, -0.25) is 9.59 Å². The largest absolute Gasteiger partial charge is 0.497 e. The van der Waals surface area contributed by atoms with Gasteiger partial charge in [-0.2, -0.15) is 4.99 Å². The molecule has 1 amide bonds. The summed E-state index contributed by atoms with van der Waals surface area (Å²) in [6, 6.07) is 10.8. The monoisotopic (exact) mass is 449 g/mol. The van der Waals surface area contributed by atoms with Gasteiger partial charge in [0, 0.05) is 12.1 Å². The molecule has 0 aliphatic heterocycles. The molecule has 30 heavy (non-hydrogen) atoms. The highest BCUT2D eigenvalue weighted by Gasteiger charge is 2.14. The van der Waals surface area contributed by atoms with Gasteiger partial charge in [0.2, 0.25) is 10.0 Å². The van der Waals surface area contributed by atoms with Gasteiger partial charge in [-0.25, -0.2) is 13.6 Å². The van der Waals surface area contributed by atoms with Crippen molar-refractivity contribution in [2.75, 3.05) is 14.2 Å². The van der Waals surface area contributed by atoms with Crippen molar-refractivity contribution in [2.45, 2.75) is 17.9 Å². The number of carbonyl (C=O) groups excluding carboxylic acids is 2. The fourth-order valence-electron chi connectivity index (χ4n) is 2.72. The van der Waals surface area contributed by atoms with Crippen LogP contribution in [-0.4, -0.2) is 39.1 Å². The van der Waals surface area contributed by atoms with Gasteiger partial charge in [-0.05, 0) is 42.5 Å². The smallest absolute Gasteiger partial charge is 0.307 e. The Morgan fingerprint density at radius 2 is 1.83 bits per heavy atom. The number of nitrogens with two attached hydrogens (primary N) is 1. The van der Waals surface area contributed by atoms with E-state index in [0.717, 1.165) is 11.3 Å². The zero-order valence-corrected chi connectivity index (χ0v) is 17.8. The van der Waals surface area contributed by atoms with E-state index in [-0.39, 0.29) is 17.9 Å². The van der Waals surface area contributed by atoms with Crippen LogP contribution >= 0.6 is 11.3 Å². The lowest BCUT2D eigenvalue weighted by Gasteiger charge is -2.05. The van der Waals surface area contributed by atoms with Gasteiger partial charge in [-0.1, -0.05) is 11.3 Å². The predicted octanol–water partition coefficient (Wildman–Crippen LogP) is 1.66. The van der Waals surface area contributed by atoms with E-state index >= 15 is 0 Å². The molecule has 158 valence electrons. The third-order valence-electron chi connectivity index (χ3n) is 4.28. The van der Waals surface area contributed by atoms with Crippen LogP contribution in [0.5, 0.6) is 5.75 Å². The molecule has 2 N–H and O–H groups in total. The number of fused-ring (bicyclic) bond motifs is 1. The van der Waals surface area contributed by atoms with E-state index in [1.165, 1.54) is 26.4 Å². The molecule has 0 saturated heterocycles.